The van der Waals surface area contributed by atoms with Crippen molar-refractivity contribution in [2.45, 2.75) is 26.1 Å². The van der Waals surface area contributed by atoms with E-state index in [-0.39, 0.29) is 25.2 Å². The molecule has 1 aromatic carbocycles. The second-order valence-corrected chi connectivity index (χ2v) is 5.42. The van der Waals surface area contributed by atoms with Gasteiger partial charge in [0.05, 0.1) is 37.6 Å². The van der Waals surface area contributed by atoms with Crippen molar-refractivity contribution in [3.63, 3.8) is 0 Å². The largest absolute Gasteiger partial charge is 0.398 e. The fourth-order valence-electron chi connectivity index (χ4n) is 1.91. The van der Waals surface area contributed by atoms with Crippen molar-refractivity contribution in [1.29, 1.82) is 0 Å². The minimum atomic E-state index is -0.752. The van der Waals surface area contributed by atoms with E-state index in [4.69, 9.17) is 15.2 Å². The van der Waals surface area contributed by atoms with Gasteiger partial charge in [0.1, 0.15) is 0 Å². The molecule has 1 atom stereocenters. The Morgan fingerprint density at radius 1 is 1.32 bits per heavy atom. The highest BCUT2D eigenvalue weighted by atomic mass is 16.5. The molecule has 1 aromatic rings. The van der Waals surface area contributed by atoms with Crippen molar-refractivity contribution >= 4 is 11.6 Å². The van der Waals surface area contributed by atoms with Crippen LogP contribution < -0.4 is 5.73 Å². The first kappa shape index (κ1) is 18.4. The minimum absolute atomic E-state index is 0.156. The van der Waals surface area contributed by atoms with Gasteiger partial charge in [-0.05, 0) is 26.0 Å². The number of benzene rings is 1. The Bertz CT molecular complexity index is 465. The van der Waals surface area contributed by atoms with E-state index in [2.05, 4.69) is 0 Å². The third-order valence-electron chi connectivity index (χ3n) is 3.01. The fraction of sp³-hybridized carbons (Fsp3) is 0.562. The van der Waals surface area contributed by atoms with Gasteiger partial charge in [-0.25, -0.2) is 0 Å². The molecule has 0 fully saturated rings. The molecular weight excluding hydrogens is 284 g/mol. The van der Waals surface area contributed by atoms with Gasteiger partial charge in [-0.15, -0.1) is 0 Å². The van der Waals surface area contributed by atoms with Gasteiger partial charge in [0, 0.05) is 19.3 Å². The Balaban J connectivity index is 2.33. The van der Waals surface area contributed by atoms with Crippen LogP contribution in [0, 0.1) is 0 Å². The Kier molecular flexibility index (Phi) is 7.87. The summed E-state index contributed by atoms with van der Waals surface area (Å²) in [6.45, 7) is 5.13. The highest BCUT2D eigenvalue weighted by Gasteiger charge is 2.17. The molecule has 0 aliphatic rings. The summed E-state index contributed by atoms with van der Waals surface area (Å²) >= 11 is 0. The minimum Gasteiger partial charge on any atom is -0.398 e. The standard InChI is InChI=1S/C16H26N2O4/c1-12(2)22-9-8-21-11-13(19)10-18(3)16(20)14-6-4-5-7-15(14)17/h4-7,12-13,19H,8-11,17H2,1-3H3. The van der Waals surface area contributed by atoms with Gasteiger partial charge in [-0.3, -0.25) is 4.79 Å². The molecule has 1 unspecified atom stereocenters. The third kappa shape index (κ3) is 6.43. The molecule has 0 spiro atoms. The quantitative estimate of drug-likeness (QED) is 0.528. The predicted octanol–water partition coefficient (Wildman–Crippen LogP) is 1.14. The number of carbonyl (C=O) groups excluding carboxylic acids is 1. The van der Waals surface area contributed by atoms with Crippen molar-refractivity contribution in [3.8, 4) is 0 Å². The van der Waals surface area contributed by atoms with Crippen LogP contribution in [0.25, 0.3) is 0 Å². The molecular formula is C16H26N2O4. The van der Waals surface area contributed by atoms with Crippen LogP contribution in [0.15, 0.2) is 24.3 Å². The maximum absolute atomic E-state index is 12.2. The Morgan fingerprint density at radius 2 is 2.00 bits per heavy atom. The second-order valence-electron chi connectivity index (χ2n) is 5.42. The zero-order chi connectivity index (χ0) is 16.5. The lowest BCUT2D eigenvalue weighted by atomic mass is 10.1. The average molecular weight is 310 g/mol. The molecule has 0 aliphatic carbocycles. The van der Waals surface area contributed by atoms with E-state index in [1.165, 1.54) is 4.90 Å². The summed E-state index contributed by atoms with van der Waals surface area (Å²) in [5.74, 6) is -0.222. The zero-order valence-electron chi connectivity index (χ0n) is 13.5. The lowest BCUT2D eigenvalue weighted by Crippen LogP contribution is -2.36. The lowest BCUT2D eigenvalue weighted by Gasteiger charge is -2.21. The number of ether oxygens (including phenoxy) is 2. The number of anilines is 1. The molecule has 0 bridgehead atoms. The predicted molar refractivity (Wildman–Crippen MR) is 85.7 cm³/mol. The topological polar surface area (TPSA) is 85.0 Å². The van der Waals surface area contributed by atoms with E-state index >= 15 is 0 Å². The summed E-state index contributed by atoms with van der Waals surface area (Å²) in [5.41, 5.74) is 6.64. The number of carbonyl (C=O) groups is 1. The molecule has 0 saturated carbocycles. The lowest BCUT2D eigenvalue weighted by molar-refractivity contribution is -0.0159. The number of hydrogen-bond donors (Lipinski definition) is 2. The number of hydrogen-bond acceptors (Lipinski definition) is 5. The first-order chi connectivity index (χ1) is 10.4. The second kappa shape index (κ2) is 9.40. The van der Waals surface area contributed by atoms with Gasteiger partial charge in [0.15, 0.2) is 0 Å². The highest BCUT2D eigenvalue weighted by Crippen LogP contribution is 2.12. The smallest absolute Gasteiger partial charge is 0.255 e. The number of aliphatic hydroxyl groups excluding tert-OH is 1. The molecule has 1 rings (SSSR count). The molecule has 1 amide bonds. The van der Waals surface area contributed by atoms with Crippen LogP contribution in [0.5, 0.6) is 0 Å². The zero-order valence-corrected chi connectivity index (χ0v) is 13.5. The van der Waals surface area contributed by atoms with Crippen LogP contribution >= 0.6 is 0 Å². The number of para-hydroxylation sites is 1. The van der Waals surface area contributed by atoms with Gasteiger partial charge >= 0.3 is 0 Å². The summed E-state index contributed by atoms with van der Waals surface area (Å²) in [7, 11) is 1.62. The average Bonchev–Trinajstić information content (AvgIpc) is 2.46. The van der Waals surface area contributed by atoms with E-state index < -0.39 is 6.10 Å². The van der Waals surface area contributed by atoms with Crippen molar-refractivity contribution in [2.75, 3.05) is 39.1 Å². The Hall–Kier alpha value is -1.63. The van der Waals surface area contributed by atoms with Crippen LogP contribution in [0.4, 0.5) is 5.69 Å². The molecule has 124 valence electrons. The Labute approximate surface area is 131 Å². The number of nitrogens with zero attached hydrogens (tertiary/aromatic N) is 1. The molecule has 3 N–H and O–H groups in total. The maximum Gasteiger partial charge on any atom is 0.255 e. The van der Waals surface area contributed by atoms with Gasteiger partial charge in [-0.2, -0.15) is 0 Å². The number of nitrogens with two attached hydrogens (primary N) is 1. The molecule has 0 saturated heterocycles. The first-order valence-corrected chi connectivity index (χ1v) is 7.39. The van der Waals surface area contributed by atoms with Gasteiger partial charge in [0.2, 0.25) is 0 Å². The van der Waals surface area contributed by atoms with E-state index in [0.29, 0.717) is 24.5 Å². The summed E-state index contributed by atoms with van der Waals surface area (Å²) in [6, 6.07) is 6.87. The normalized spacial score (nSPS) is 12.4. The van der Waals surface area contributed by atoms with Crippen LogP contribution in [-0.4, -0.2) is 61.5 Å². The van der Waals surface area contributed by atoms with E-state index in [0.717, 1.165) is 0 Å². The van der Waals surface area contributed by atoms with Crippen LogP contribution in [0.1, 0.15) is 24.2 Å². The summed E-state index contributed by atoms with van der Waals surface area (Å²) in [6.07, 6.45) is -0.591. The number of amides is 1. The van der Waals surface area contributed by atoms with Gasteiger partial charge in [-0.1, -0.05) is 12.1 Å². The number of likely N-dealkylation sites (N-methyl/N-ethyl adjacent to an activating group) is 1. The molecule has 0 radical (unpaired) electrons. The summed E-state index contributed by atoms with van der Waals surface area (Å²) in [4.78, 5) is 13.7. The van der Waals surface area contributed by atoms with E-state index in [1.54, 1.807) is 31.3 Å². The van der Waals surface area contributed by atoms with E-state index in [1.807, 2.05) is 13.8 Å². The van der Waals surface area contributed by atoms with Crippen molar-refractivity contribution in [2.24, 2.45) is 0 Å². The number of nitrogen functional groups attached to an aromatic ring is 1. The summed E-state index contributed by atoms with van der Waals surface area (Å²) in [5, 5.41) is 9.90. The molecule has 22 heavy (non-hydrogen) atoms. The third-order valence-corrected chi connectivity index (χ3v) is 3.01. The maximum atomic E-state index is 12.2. The van der Waals surface area contributed by atoms with Crippen molar-refractivity contribution < 1.29 is 19.4 Å². The number of aliphatic hydroxyl groups is 1. The fourth-order valence-corrected chi connectivity index (χ4v) is 1.91. The monoisotopic (exact) mass is 310 g/mol. The molecule has 6 heteroatoms. The van der Waals surface area contributed by atoms with Crippen molar-refractivity contribution in [1.82, 2.24) is 4.90 Å². The van der Waals surface area contributed by atoms with Crippen molar-refractivity contribution in [3.05, 3.63) is 29.8 Å². The Morgan fingerprint density at radius 3 is 2.64 bits per heavy atom. The molecule has 6 nitrogen and oxygen atoms in total. The van der Waals surface area contributed by atoms with Crippen LogP contribution in [0.2, 0.25) is 0 Å². The van der Waals surface area contributed by atoms with Gasteiger partial charge < -0.3 is 25.2 Å². The van der Waals surface area contributed by atoms with Crippen LogP contribution in [-0.2, 0) is 9.47 Å². The van der Waals surface area contributed by atoms with E-state index in [9.17, 15) is 9.90 Å². The molecule has 0 aromatic heterocycles. The first-order valence-electron chi connectivity index (χ1n) is 7.39. The number of rotatable bonds is 9. The summed E-state index contributed by atoms with van der Waals surface area (Å²) < 4.78 is 10.6. The highest BCUT2D eigenvalue weighted by molar-refractivity contribution is 5.98. The SMILES string of the molecule is CC(C)OCCOCC(O)CN(C)C(=O)c1ccccc1N. The van der Waals surface area contributed by atoms with Crippen LogP contribution in [0.3, 0.4) is 0 Å². The molecule has 0 heterocycles. The molecule has 0 aliphatic heterocycles. The van der Waals surface area contributed by atoms with Gasteiger partial charge in [0.25, 0.3) is 5.91 Å².